The summed E-state index contributed by atoms with van der Waals surface area (Å²) in [5.74, 6) is 0.122. The predicted molar refractivity (Wildman–Crippen MR) is 117 cm³/mol. The second-order valence-corrected chi connectivity index (χ2v) is 7.97. The molecule has 2 atom stereocenters. The molecule has 0 aliphatic carbocycles. The molecule has 9 nitrogen and oxygen atoms in total. The van der Waals surface area contributed by atoms with Crippen LogP contribution in [0.4, 0.5) is 10.3 Å². The van der Waals surface area contributed by atoms with E-state index in [0.29, 0.717) is 30.5 Å². The molecular formula is C21H23ClFN7O2. The lowest BCUT2D eigenvalue weighted by molar-refractivity contribution is 0.0933. The van der Waals surface area contributed by atoms with Crippen LogP contribution in [-0.2, 0) is 4.74 Å². The molecule has 1 aliphatic rings. The summed E-state index contributed by atoms with van der Waals surface area (Å²) in [6, 6.07) is 3.59. The van der Waals surface area contributed by atoms with Gasteiger partial charge >= 0.3 is 0 Å². The van der Waals surface area contributed by atoms with Crippen LogP contribution in [0, 0.1) is 12.7 Å². The van der Waals surface area contributed by atoms with Crippen molar-refractivity contribution in [3.8, 4) is 5.82 Å². The highest BCUT2D eigenvalue weighted by molar-refractivity contribution is 6.30. The Balaban J connectivity index is 1.51. The lowest BCUT2D eigenvalue weighted by Gasteiger charge is -2.17. The molecular weight excluding hydrogens is 437 g/mol. The molecule has 0 spiro atoms. The fraction of sp³-hybridized carbons (Fsp3) is 0.333. The quantitative estimate of drug-likeness (QED) is 0.496. The molecule has 32 heavy (non-hydrogen) atoms. The average Bonchev–Trinajstić information content (AvgIpc) is 3.45. The van der Waals surface area contributed by atoms with Crippen LogP contribution in [-0.4, -0.2) is 51.2 Å². The van der Waals surface area contributed by atoms with Crippen molar-refractivity contribution in [3.63, 3.8) is 0 Å². The van der Waals surface area contributed by atoms with E-state index in [1.165, 1.54) is 18.5 Å². The normalized spacial score (nSPS) is 16.7. The zero-order valence-electron chi connectivity index (χ0n) is 17.4. The second kappa shape index (κ2) is 9.60. The molecule has 2 unspecified atom stereocenters. The van der Waals surface area contributed by atoms with E-state index < -0.39 is 17.8 Å². The lowest BCUT2D eigenvalue weighted by atomic mass is 10.1. The number of aryl methyl sites for hydroxylation is 1. The molecule has 1 fully saturated rings. The second-order valence-electron chi connectivity index (χ2n) is 7.54. The number of anilines is 1. The Morgan fingerprint density at radius 3 is 2.97 bits per heavy atom. The highest BCUT2D eigenvalue weighted by Crippen LogP contribution is 2.20. The van der Waals surface area contributed by atoms with Crippen molar-refractivity contribution in [2.24, 2.45) is 5.73 Å². The fourth-order valence-corrected chi connectivity index (χ4v) is 3.67. The van der Waals surface area contributed by atoms with Crippen LogP contribution in [0.15, 0.2) is 36.9 Å². The Kier molecular flexibility index (Phi) is 6.63. The van der Waals surface area contributed by atoms with E-state index in [2.05, 4.69) is 25.6 Å². The molecule has 168 valence electrons. The largest absolute Gasteiger partial charge is 0.379 e. The summed E-state index contributed by atoms with van der Waals surface area (Å²) in [5, 5.41) is 6.25. The van der Waals surface area contributed by atoms with Crippen LogP contribution < -0.4 is 16.4 Å². The van der Waals surface area contributed by atoms with Crippen LogP contribution in [0.1, 0.15) is 34.1 Å². The first-order valence-corrected chi connectivity index (χ1v) is 10.5. The summed E-state index contributed by atoms with van der Waals surface area (Å²) in [6.45, 7) is 3.26. The summed E-state index contributed by atoms with van der Waals surface area (Å²) in [4.78, 5) is 25.8. The number of ether oxygens (including phenoxy) is 1. The number of nitrogens with zero attached hydrogens (tertiary/aromatic N) is 4. The van der Waals surface area contributed by atoms with E-state index in [9.17, 15) is 9.18 Å². The third-order valence-electron chi connectivity index (χ3n) is 5.10. The molecule has 1 saturated heterocycles. The van der Waals surface area contributed by atoms with Crippen LogP contribution in [0.5, 0.6) is 0 Å². The standard InChI is InChI=1S/C21H23ClFN7O2/c1-12-8-25-21(27-16-2-3-32-10-16)29-19(12)30-9-18(26-11-30)20(31)28-17(7-24)13-4-14(22)6-15(23)5-13/h4-6,8-9,11,16-17H,2-3,7,10,24H2,1H3,(H,28,31)(H,25,27,29). The van der Waals surface area contributed by atoms with Crippen molar-refractivity contribution in [1.29, 1.82) is 0 Å². The van der Waals surface area contributed by atoms with Gasteiger partial charge in [0.15, 0.2) is 0 Å². The van der Waals surface area contributed by atoms with Gasteiger partial charge in [-0.3, -0.25) is 9.36 Å². The maximum atomic E-state index is 13.7. The number of imidazole rings is 1. The van der Waals surface area contributed by atoms with Gasteiger partial charge in [-0.15, -0.1) is 0 Å². The molecule has 4 N–H and O–H groups in total. The summed E-state index contributed by atoms with van der Waals surface area (Å²) in [6.07, 6.45) is 5.67. The smallest absolute Gasteiger partial charge is 0.272 e. The van der Waals surface area contributed by atoms with Gasteiger partial charge in [-0.25, -0.2) is 14.4 Å². The molecule has 0 saturated carbocycles. The number of rotatable bonds is 7. The highest BCUT2D eigenvalue weighted by atomic mass is 35.5. The molecule has 11 heteroatoms. The first kappa shape index (κ1) is 22.1. The number of benzene rings is 1. The first-order valence-electron chi connectivity index (χ1n) is 10.1. The van der Waals surface area contributed by atoms with Crippen molar-refractivity contribution in [1.82, 2.24) is 24.8 Å². The molecule has 0 radical (unpaired) electrons. The fourth-order valence-electron chi connectivity index (χ4n) is 3.44. The number of hydrogen-bond acceptors (Lipinski definition) is 7. The number of carbonyl (C=O) groups excluding carboxylic acids is 1. The van der Waals surface area contributed by atoms with E-state index in [-0.39, 0.29) is 23.3 Å². The first-order chi connectivity index (χ1) is 15.4. The van der Waals surface area contributed by atoms with Crippen LogP contribution in [0.3, 0.4) is 0 Å². The summed E-state index contributed by atoms with van der Waals surface area (Å²) in [5.41, 5.74) is 7.25. The monoisotopic (exact) mass is 459 g/mol. The van der Waals surface area contributed by atoms with Gasteiger partial charge in [0.1, 0.15) is 23.7 Å². The Morgan fingerprint density at radius 1 is 1.41 bits per heavy atom. The third kappa shape index (κ3) is 5.04. The van der Waals surface area contributed by atoms with Gasteiger partial charge in [-0.1, -0.05) is 11.6 Å². The van der Waals surface area contributed by atoms with E-state index in [4.69, 9.17) is 22.1 Å². The van der Waals surface area contributed by atoms with Crippen molar-refractivity contribution in [3.05, 3.63) is 64.6 Å². The van der Waals surface area contributed by atoms with Gasteiger partial charge in [0, 0.05) is 36.1 Å². The highest BCUT2D eigenvalue weighted by Gasteiger charge is 2.20. The third-order valence-corrected chi connectivity index (χ3v) is 5.31. The van der Waals surface area contributed by atoms with Crippen LogP contribution in [0.2, 0.25) is 5.02 Å². The Hall–Kier alpha value is -3.08. The van der Waals surface area contributed by atoms with Crippen molar-refractivity contribution in [2.75, 3.05) is 25.1 Å². The minimum atomic E-state index is -0.619. The molecule has 4 rings (SSSR count). The van der Waals surface area contributed by atoms with E-state index in [1.807, 2.05) is 6.92 Å². The van der Waals surface area contributed by atoms with Crippen molar-refractivity contribution < 1.29 is 13.9 Å². The summed E-state index contributed by atoms with van der Waals surface area (Å²) >= 11 is 5.92. The van der Waals surface area contributed by atoms with Gasteiger partial charge in [0.05, 0.1) is 18.7 Å². The minimum Gasteiger partial charge on any atom is -0.379 e. The number of halogens is 2. The van der Waals surface area contributed by atoms with Gasteiger partial charge in [-0.2, -0.15) is 4.98 Å². The van der Waals surface area contributed by atoms with Crippen LogP contribution in [0.25, 0.3) is 5.82 Å². The topological polar surface area (TPSA) is 120 Å². The molecule has 1 aromatic carbocycles. The zero-order chi connectivity index (χ0) is 22.7. The molecule has 0 bridgehead atoms. The van der Waals surface area contributed by atoms with E-state index in [1.54, 1.807) is 23.0 Å². The summed E-state index contributed by atoms with van der Waals surface area (Å²) < 4.78 is 20.7. The molecule has 1 aliphatic heterocycles. The minimum absolute atomic E-state index is 0.0666. The maximum Gasteiger partial charge on any atom is 0.272 e. The van der Waals surface area contributed by atoms with E-state index in [0.717, 1.165) is 12.0 Å². The van der Waals surface area contributed by atoms with Gasteiger partial charge in [-0.05, 0) is 37.1 Å². The Bertz CT molecular complexity index is 1100. The van der Waals surface area contributed by atoms with Crippen molar-refractivity contribution in [2.45, 2.75) is 25.4 Å². The zero-order valence-corrected chi connectivity index (χ0v) is 18.1. The SMILES string of the molecule is Cc1cnc(NC2CCOC2)nc1-n1cnc(C(=O)NC(CN)c2cc(F)cc(Cl)c2)c1. The number of nitrogens with two attached hydrogens (primary N) is 1. The molecule has 3 heterocycles. The van der Waals surface area contributed by atoms with E-state index >= 15 is 0 Å². The number of carbonyl (C=O) groups is 1. The number of hydrogen-bond donors (Lipinski definition) is 3. The lowest BCUT2D eigenvalue weighted by Crippen LogP contribution is -2.33. The summed E-state index contributed by atoms with van der Waals surface area (Å²) in [7, 11) is 0. The predicted octanol–water partition coefficient (Wildman–Crippen LogP) is 2.39. The number of nitrogens with one attached hydrogen (secondary N) is 2. The van der Waals surface area contributed by atoms with Gasteiger partial charge < -0.3 is 21.1 Å². The average molecular weight is 460 g/mol. The Labute approximate surface area is 189 Å². The Morgan fingerprint density at radius 2 is 2.25 bits per heavy atom. The number of aromatic nitrogens is 4. The molecule has 3 aromatic rings. The molecule has 2 aromatic heterocycles. The van der Waals surface area contributed by atoms with Crippen LogP contribution >= 0.6 is 11.6 Å². The van der Waals surface area contributed by atoms with Crippen molar-refractivity contribution >= 4 is 23.5 Å². The molecule has 1 amide bonds. The van der Waals surface area contributed by atoms with Gasteiger partial charge in [0.25, 0.3) is 5.91 Å². The number of amides is 1. The maximum absolute atomic E-state index is 13.7. The van der Waals surface area contributed by atoms with Gasteiger partial charge in [0.2, 0.25) is 5.95 Å².